The van der Waals surface area contributed by atoms with Crippen LogP contribution in [0.5, 0.6) is 0 Å². The van der Waals surface area contributed by atoms with Crippen molar-refractivity contribution < 1.29 is 9.53 Å². The molecule has 0 aromatic heterocycles. The zero-order chi connectivity index (χ0) is 13.4. The molecule has 1 heterocycles. The number of hydrogen-bond donors (Lipinski definition) is 1. The van der Waals surface area contributed by atoms with E-state index < -0.39 is 0 Å². The monoisotopic (exact) mass is 256 g/mol. The molecule has 0 unspecified atom stereocenters. The Balaban J connectivity index is 1.88. The van der Waals surface area contributed by atoms with E-state index in [0.717, 1.165) is 45.5 Å². The average molecular weight is 256 g/mol. The summed E-state index contributed by atoms with van der Waals surface area (Å²) in [5, 5.41) is 3.08. The lowest BCUT2D eigenvalue weighted by atomic mass is 10.1. The maximum absolute atomic E-state index is 11.6. The van der Waals surface area contributed by atoms with Gasteiger partial charge in [-0.25, -0.2) is 0 Å². The SMILES string of the molecule is CCN1CC(NC(=O)CCCCCOC(C)C)C1. The quantitative estimate of drug-likeness (QED) is 0.640. The molecule has 18 heavy (non-hydrogen) atoms. The molecule has 4 heteroatoms. The zero-order valence-corrected chi connectivity index (χ0v) is 12.1. The lowest BCUT2D eigenvalue weighted by Gasteiger charge is -2.38. The third-order valence-electron chi connectivity index (χ3n) is 3.27. The second-order valence-electron chi connectivity index (χ2n) is 5.35. The van der Waals surface area contributed by atoms with Crippen LogP contribution >= 0.6 is 0 Å². The molecule has 1 amide bonds. The van der Waals surface area contributed by atoms with E-state index >= 15 is 0 Å². The topological polar surface area (TPSA) is 41.6 Å². The van der Waals surface area contributed by atoms with Crippen LogP contribution in [-0.2, 0) is 9.53 Å². The second-order valence-corrected chi connectivity index (χ2v) is 5.35. The van der Waals surface area contributed by atoms with E-state index in [9.17, 15) is 4.79 Å². The third kappa shape index (κ3) is 6.36. The number of amides is 1. The van der Waals surface area contributed by atoms with Crippen molar-refractivity contribution in [2.45, 2.75) is 58.6 Å². The molecule has 0 aliphatic carbocycles. The predicted octanol–water partition coefficient (Wildman–Crippen LogP) is 1.79. The number of nitrogens with one attached hydrogen (secondary N) is 1. The highest BCUT2D eigenvalue weighted by atomic mass is 16.5. The van der Waals surface area contributed by atoms with Gasteiger partial charge < -0.3 is 10.1 Å². The van der Waals surface area contributed by atoms with Crippen LogP contribution < -0.4 is 5.32 Å². The van der Waals surface area contributed by atoms with Gasteiger partial charge in [-0.3, -0.25) is 9.69 Å². The molecule has 0 atom stereocenters. The van der Waals surface area contributed by atoms with Crippen molar-refractivity contribution in [1.82, 2.24) is 10.2 Å². The second kappa shape index (κ2) is 8.48. The lowest BCUT2D eigenvalue weighted by Crippen LogP contribution is -2.58. The van der Waals surface area contributed by atoms with Crippen LogP contribution in [0, 0.1) is 0 Å². The molecule has 1 rings (SSSR count). The minimum absolute atomic E-state index is 0.209. The minimum atomic E-state index is 0.209. The van der Waals surface area contributed by atoms with Crippen molar-refractivity contribution in [3.8, 4) is 0 Å². The van der Waals surface area contributed by atoms with Crippen molar-refractivity contribution in [2.24, 2.45) is 0 Å². The Hall–Kier alpha value is -0.610. The number of hydrogen-bond acceptors (Lipinski definition) is 3. The summed E-state index contributed by atoms with van der Waals surface area (Å²) < 4.78 is 5.46. The first-order valence-corrected chi connectivity index (χ1v) is 7.25. The van der Waals surface area contributed by atoms with Gasteiger partial charge in [0.2, 0.25) is 5.91 Å². The zero-order valence-electron chi connectivity index (χ0n) is 12.1. The summed E-state index contributed by atoms with van der Waals surface area (Å²) in [6, 6.07) is 0.390. The largest absolute Gasteiger partial charge is 0.379 e. The third-order valence-corrected chi connectivity index (χ3v) is 3.27. The van der Waals surface area contributed by atoms with Gasteiger partial charge in [-0.05, 0) is 33.2 Å². The van der Waals surface area contributed by atoms with E-state index in [-0.39, 0.29) is 5.91 Å². The molecule has 0 saturated carbocycles. The van der Waals surface area contributed by atoms with E-state index in [1.807, 2.05) is 13.8 Å². The Bertz CT molecular complexity index is 238. The van der Waals surface area contributed by atoms with Crippen molar-refractivity contribution in [2.75, 3.05) is 26.2 Å². The summed E-state index contributed by atoms with van der Waals surface area (Å²) in [4.78, 5) is 13.9. The van der Waals surface area contributed by atoms with Crippen molar-refractivity contribution in [3.05, 3.63) is 0 Å². The highest BCUT2D eigenvalue weighted by molar-refractivity contribution is 5.76. The van der Waals surface area contributed by atoms with Crippen LogP contribution in [0.4, 0.5) is 0 Å². The Kier molecular flexibility index (Phi) is 7.28. The van der Waals surface area contributed by atoms with E-state index in [2.05, 4.69) is 17.1 Å². The summed E-state index contributed by atoms with van der Waals surface area (Å²) in [6.07, 6.45) is 4.07. The molecule has 1 fully saturated rings. The Morgan fingerprint density at radius 2 is 2.06 bits per heavy atom. The van der Waals surface area contributed by atoms with Crippen molar-refractivity contribution >= 4 is 5.91 Å². The van der Waals surface area contributed by atoms with E-state index in [1.54, 1.807) is 0 Å². The molecule has 0 spiro atoms. The predicted molar refractivity (Wildman–Crippen MR) is 73.6 cm³/mol. The molecule has 1 aliphatic rings. The molecule has 1 saturated heterocycles. The summed E-state index contributed by atoms with van der Waals surface area (Å²) in [5.74, 6) is 0.209. The number of carbonyl (C=O) groups excluding carboxylic acids is 1. The first-order valence-electron chi connectivity index (χ1n) is 7.25. The molecule has 4 nitrogen and oxygen atoms in total. The van der Waals surface area contributed by atoms with Gasteiger partial charge in [-0.15, -0.1) is 0 Å². The van der Waals surface area contributed by atoms with Crippen molar-refractivity contribution in [1.29, 1.82) is 0 Å². The fraction of sp³-hybridized carbons (Fsp3) is 0.929. The average Bonchev–Trinajstić information content (AvgIpc) is 2.27. The van der Waals surface area contributed by atoms with Gasteiger partial charge in [0.05, 0.1) is 12.1 Å². The number of carbonyl (C=O) groups is 1. The summed E-state index contributed by atoms with van der Waals surface area (Å²) in [5.41, 5.74) is 0. The molecular weight excluding hydrogens is 228 g/mol. The van der Waals surface area contributed by atoms with Crippen LogP contribution in [0.1, 0.15) is 46.5 Å². The highest BCUT2D eigenvalue weighted by Crippen LogP contribution is 2.07. The number of likely N-dealkylation sites (N-methyl/N-ethyl adjacent to an activating group) is 1. The number of rotatable bonds is 9. The maximum atomic E-state index is 11.6. The molecule has 1 aliphatic heterocycles. The molecule has 0 bridgehead atoms. The fourth-order valence-electron chi connectivity index (χ4n) is 2.10. The van der Waals surface area contributed by atoms with Crippen LogP contribution in [0.15, 0.2) is 0 Å². The normalized spacial score (nSPS) is 16.9. The first-order chi connectivity index (χ1) is 8.61. The fourth-order valence-corrected chi connectivity index (χ4v) is 2.10. The van der Waals surface area contributed by atoms with Gasteiger partial charge in [-0.2, -0.15) is 0 Å². The van der Waals surface area contributed by atoms with Gasteiger partial charge >= 0.3 is 0 Å². The molecule has 106 valence electrons. The minimum Gasteiger partial charge on any atom is -0.379 e. The molecule has 0 radical (unpaired) electrons. The summed E-state index contributed by atoms with van der Waals surface area (Å²) in [7, 11) is 0. The van der Waals surface area contributed by atoms with Crippen LogP contribution in [0.2, 0.25) is 0 Å². The Morgan fingerprint density at radius 1 is 1.33 bits per heavy atom. The molecule has 0 aromatic rings. The van der Waals surface area contributed by atoms with Gasteiger partial charge in [0.15, 0.2) is 0 Å². The van der Waals surface area contributed by atoms with E-state index in [4.69, 9.17) is 4.74 Å². The van der Waals surface area contributed by atoms with Crippen LogP contribution in [0.25, 0.3) is 0 Å². The van der Waals surface area contributed by atoms with Crippen LogP contribution in [0.3, 0.4) is 0 Å². The van der Waals surface area contributed by atoms with E-state index in [1.165, 1.54) is 0 Å². The van der Waals surface area contributed by atoms with Gasteiger partial charge in [-0.1, -0.05) is 13.3 Å². The molecule has 0 aromatic carbocycles. The lowest BCUT2D eigenvalue weighted by molar-refractivity contribution is -0.123. The number of likely N-dealkylation sites (tertiary alicyclic amines) is 1. The first kappa shape index (κ1) is 15.4. The number of ether oxygens (including phenoxy) is 1. The van der Waals surface area contributed by atoms with E-state index in [0.29, 0.717) is 18.6 Å². The Morgan fingerprint density at radius 3 is 2.67 bits per heavy atom. The van der Waals surface area contributed by atoms with Gasteiger partial charge in [0.25, 0.3) is 0 Å². The molecule has 1 N–H and O–H groups in total. The Labute approximate surface area is 111 Å². The number of nitrogens with zero attached hydrogens (tertiary/aromatic N) is 1. The van der Waals surface area contributed by atoms with Crippen LogP contribution in [-0.4, -0.2) is 49.2 Å². The number of unbranched alkanes of at least 4 members (excludes halogenated alkanes) is 2. The summed E-state index contributed by atoms with van der Waals surface area (Å²) >= 11 is 0. The standard InChI is InChI=1S/C14H28N2O2/c1-4-16-10-13(11-16)15-14(17)8-6-5-7-9-18-12(2)3/h12-13H,4-11H2,1-3H3,(H,15,17). The van der Waals surface area contributed by atoms with Gasteiger partial charge in [0.1, 0.15) is 0 Å². The maximum Gasteiger partial charge on any atom is 0.220 e. The summed E-state index contributed by atoms with van der Waals surface area (Å²) in [6.45, 7) is 10.2. The molecular formula is C14H28N2O2. The highest BCUT2D eigenvalue weighted by Gasteiger charge is 2.25. The van der Waals surface area contributed by atoms with Crippen molar-refractivity contribution in [3.63, 3.8) is 0 Å². The smallest absolute Gasteiger partial charge is 0.220 e. The van der Waals surface area contributed by atoms with Gasteiger partial charge in [0, 0.05) is 26.1 Å².